The molecule has 2 N–H and O–H groups in total. The Morgan fingerprint density at radius 2 is 1.70 bits per heavy atom. The highest BCUT2D eigenvalue weighted by molar-refractivity contribution is 5.22. The lowest BCUT2D eigenvalue weighted by molar-refractivity contribution is -0.138. The number of piperidine rings is 1. The van der Waals surface area contributed by atoms with Gasteiger partial charge < -0.3 is 15.3 Å². The van der Waals surface area contributed by atoms with Crippen LogP contribution in [-0.2, 0) is 13.0 Å². The molecule has 6 heteroatoms. The Bertz CT molecular complexity index is 454. The summed E-state index contributed by atoms with van der Waals surface area (Å²) in [5.41, 5.74) is 2.13. The largest absolute Gasteiger partial charge is 0.392 e. The molecule has 1 fully saturated rings. The number of hydrogen-bond acceptors (Lipinski definition) is 3. The summed E-state index contributed by atoms with van der Waals surface area (Å²) in [5.74, 6) is 0. The smallest absolute Gasteiger partial charge is 0.390 e. The van der Waals surface area contributed by atoms with Gasteiger partial charge in [-0.15, -0.1) is 0 Å². The minimum Gasteiger partial charge on any atom is -0.392 e. The van der Waals surface area contributed by atoms with Crippen molar-refractivity contribution in [2.75, 3.05) is 26.2 Å². The molecule has 1 aromatic rings. The minimum atomic E-state index is -4.05. The first-order valence-electron chi connectivity index (χ1n) is 8.17. The predicted octanol–water partition coefficient (Wildman–Crippen LogP) is 2.73. The molecule has 0 amide bonds. The molecular formula is C17H25F3N2O. The van der Waals surface area contributed by atoms with E-state index in [2.05, 4.69) is 5.32 Å². The molecule has 1 aliphatic heterocycles. The maximum Gasteiger partial charge on any atom is 0.390 e. The number of benzene rings is 1. The molecule has 0 saturated carbocycles. The Kier molecular flexibility index (Phi) is 6.87. The summed E-state index contributed by atoms with van der Waals surface area (Å²) in [7, 11) is 0. The number of nitrogens with one attached hydrogen (secondary N) is 1. The molecule has 1 aromatic carbocycles. The SMILES string of the molecule is OCc1ccc(CCNC2CCN(CCC(F)(F)F)CC2)cc1. The van der Waals surface area contributed by atoms with Crippen LogP contribution in [0.2, 0.25) is 0 Å². The van der Waals surface area contributed by atoms with Gasteiger partial charge in [0.1, 0.15) is 0 Å². The number of hydrogen-bond donors (Lipinski definition) is 2. The third-order valence-corrected chi connectivity index (χ3v) is 4.35. The van der Waals surface area contributed by atoms with Crippen molar-refractivity contribution in [1.82, 2.24) is 10.2 Å². The van der Waals surface area contributed by atoms with Gasteiger partial charge in [0.05, 0.1) is 13.0 Å². The maximum atomic E-state index is 12.2. The van der Waals surface area contributed by atoms with Crippen molar-refractivity contribution in [3.8, 4) is 0 Å². The van der Waals surface area contributed by atoms with E-state index in [1.807, 2.05) is 29.2 Å². The summed E-state index contributed by atoms with van der Waals surface area (Å²) in [4.78, 5) is 1.90. The summed E-state index contributed by atoms with van der Waals surface area (Å²) in [5, 5.41) is 12.5. The second kappa shape index (κ2) is 8.66. The van der Waals surface area contributed by atoms with E-state index < -0.39 is 12.6 Å². The number of nitrogens with zero attached hydrogens (tertiary/aromatic N) is 1. The first-order valence-corrected chi connectivity index (χ1v) is 8.17. The van der Waals surface area contributed by atoms with Crippen LogP contribution in [0.1, 0.15) is 30.4 Å². The molecular weight excluding hydrogens is 305 g/mol. The first-order chi connectivity index (χ1) is 11.0. The van der Waals surface area contributed by atoms with Gasteiger partial charge in [-0.05, 0) is 50.0 Å². The molecule has 0 bridgehead atoms. The Morgan fingerprint density at radius 1 is 1.09 bits per heavy atom. The molecule has 0 radical (unpaired) electrons. The third-order valence-electron chi connectivity index (χ3n) is 4.35. The van der Waals surface area contributed by atoms with Gasteiger partial charge in [-0.1, -0.05) is 24.3 Å². The number of alkyl halides is 3. The number of aliphatic hydroxyl groups excluding tert-OH is 1. The molecule has 0 spiro atoms. The lowest BCUT2D eigenvalue weighted by atomic mass is 10.0. The number of aliphatic hydroxyl groups is 1. The lowest BCUT2D eigenvalue weighted by Crippen LogP contribution is -2.43. The van der Waals surface area contributed by atoms with Crippen LogP contribution in [0, 0.1) is 0 Å². The minimum absolute atomic E-state index is 0.0610. The van der Waals surface area contributed by atoms with E-state index in [0.717, 1.165) is 44.5 Å². The monoisotopic (exact) mass is 330 g/mol. The van der Waals surface area contributed by atoms with Gasteiger partial charge in [-0.25, -0.2) is 0 Å². The van der Waals surface area contributed by atoms with Gasteiger partial charge in [0.25, 0.3) is 0 Å². The van der Waals surface area contributed by atoms with Gasteiger partial charge in [-0.2, -0.15) is 13.2 Å². The molecule has 0 atom stereocenters. The lowest BCUT2D eigenvalue weighted by Gasteiger charge is -2.32. The quantitative estimate of drug-likeness (QED) is 0.807. The highest BCUT2D eigenvalue weighted by Crippen LogP contribution is 2.21. The molecule has 1 aliphatic rings. The second-order valence-corrected chi connectivity index (χ2v) is 6.16. The standard InChI is InChI=1S/C17H25F3N2O/c18-17(19,20)8-12-22-10-6-16(7-11-22)21-9-5-14-1-3-15(13-23)4-2-14/h1-4,16,21,23H,5-13H2. The van der Waals surface area contributed by atoms with Crippen LogP contribution < -0.4 is 5.32 Å². The second-order valence-electron chi connectivity index (χ2n) is 6.16. The fraction of sp³-hybridized carbons (Fsp3) is 0.647. The molecule has 3 nitrogen and oxygen atoms in total. The van der Waals surface area contributed by atoms with E-state index in [4.69, 9.17) is 5.11 Å². The van der Waals surface area contributed by atoms with Crippen molar-refractivity contribution < 1.29 is 18.3 Å². The maximum absolute atomic E-state index is 12.2. The predicted molar refractivity (Wildman–Crippen MR) is 84.2 cm³/mol. The molecule has 0 unspecified atom stereocenters. The van der Waals surface area contributed by atoms with Gasteiger partial charge in [0, 0.05) is 12.6 Å². The summed E-state index contributed by atoms with van der Waals surface area (Å²) in [6, 6.07) is 8.29. The zero-order chi connectivity index (χ0) is 16.7. The summed E-state index contributed by atoms with van der Waals surface area (Å²) in [6.07, 6.45) is -2.04. The van der Waals surface area contributed by atoms with Crippen LogP contribution in [0.25, 0.3) is 0 Å². The molecule has 23 heavy (non-hydrogen) atoms. The first kappa shape index (κ1) is 18.2. The van der Waals surface area contributed by atoms with Crippen molar-refractivity contribution >= 4 is 0 Å². The third kappa shape index (κ3) is 6.89. The fourth-order valence-corrected chi connectivity index (χ4v) is 2.88. The Morgan fingerprint density at radius 3 is 2.26 bits per heavy atom. The van der Waals surface area contributed by atoms with Crippen LogP contribution in [0.3, 0.4) is 0 Å². The molecule has 0 aliphatic carbocycles. The Hall–Kier alpha value is -1.11. The number of halogens is 3. The molecule has 130 valence electrons. The summed E-state index contributed by atoms with van der Waals surface area (Å²) < 4.78 is 36.6. The van der Waals surface area contributed by atoms with E-state index in [1.165, 1.54) is 5.56 Å². The van der Waals surface area contributed by atoms with Crippen LogP contribution in [0.4, 0.5) is 13.2 Å². The van der Waals surface area contributed by atoms with Crippen LogP contribution >= 0.6 is 0 Å². The fourth-order valence-electron chi connectivity index (χ4n) is 2.88. The van der Waals surface area contributed by atoms with Crippen molar-refractivity contribution in [1.29, 1.82) is 0 Å². The highest BCUT2D eigenvalue weighted by Gasteiger charge is 2.28. The number of likely N-dealkylation sites (tertiary alicyclic amines) is 1. The van der Waals surface area contributed by atoms with Crippen molar-refractivity contribution in [3.63, 3.8) is 0 Å². The van der Waals surface area contributed by atoms with Crippen molar-refractivity contribution in [3.05, 3.63) is 35.4 Å². The molecule has 1 heterocycles. The number of rotatable bonds is 7. The van der Waals surface area contributed by atoms with Crippen LogP contribution in [0.15, 0.2) is 24.3 Å². The van der Waals surface area contributed by atoms with E-state index in [-0.39, 0.29) is 13.2 Å². The normalized spacial score (nSPS) is 17.6. The molecule has 1 saturated heterocycles. The summed E-state index contributed by atoms with van der Waals surface area (Å²) >= 11 is 0. The topological polar surface area (TPSA) is 35.5 Å². The van der Waals surface area contributed by atoms with E-state index in [9.17, 15) is 13.2 Å². The zero-order valence-electron chi connectivity index (χ0n) is 13.3. The van der Waals surface area contributed by atoms with E-state index in [1.54, 1.807) is 0 Å². The molecule has 0 aromatic heterocycles. The average Bonchev–Trinajstić information content (AvgIpc) is 2.54. The highest BCUT2D eigenvalue weighted by atomic mass is 19.4. The Labute approximate surface area is 135 Å². The van der Waals surface area contributed by atoms with Crippen molar-refractivity contribution in [2.24, 2.45) is 0 Å². The van der Waals surface area contributed by atoms with E-state index >= 15 is 0 Å². The van der Waals surface area contributed by atoms with Crippen LogP contribution in [-0.4, -0.2) is 48.4 Å². The van der Waals surface area contributed by atoms with Gasteiger partial charge in [-0.3, -0.25) is 0 Å². The molecule has 2 rings (SSSR count). The summed E-state index contributed by atoms with van der Waals surface area (Å²) in [6.45, 7) is 2.52. The zero-order valence-corrected chi connectivity index (χ0v) is 13.3. The van der Waals surface area contributed by atoms with Gasteiger partial charge >= 0.3 is 6.18 Å². The van der Waals surface area contributed by atoms with Crippen LogP contribution in [0.5, 0.6) is 0 Å². The van der Waals surface area contributed by atoms with Crippen molar-refractivity contribution in [2.45, 2.75) is 44.5 Å². The van der Waals surface area contributed by atoms with E-state index in [0.29, 0.717) is 6.04 Å². The van der Waals surface area contributed by atoms with Gasteiger partial charge in [0.2, 0.25) is 0 Å². The average molecular weight is 330 g/mol. The van der Waals surface area contributed by atoms with Gasteiger partial charge in [0.15, 0.2) is 0 Å². The Balaban J connectivity index is 1.61.